The molecule has 0 atom stereocenters. The zero-order valence-corrected chi connectivity index (χ0v) is 18.5. The predicted molar refractivity (Wildman–Crippen MR) is 124 cm³/mol. The highest BCUT2D eigenvalue weighted by atomic mass is 32.1. The highest BCUT2D eigenvalue weighted by molar-refractivity contribution is 7.13. The Kier molecular flexibility index (Phi) is 6.72. The summed E-state index contributed by atoms with van der Waals surface area (Å²) in [5.41, 5.74) is 2.21. The van der Waals surface area contributed by atoms with Crippen molar-refractivity contribution in [3.8, 4) is 22.1 Å². The molecule has 0 aliphatic carbocycles. The van der Waals surface area contributed by atoms with Gasteiger partial charge in [-0.15, -0.1) is 11.3 Å². The summed E-state index contributed by atoms with van der Waals surface area (Å²) >= 11 is 1.40. The largest absolute Gasteiger partial charge is 0.491 e. The normalized spacial score (nSPS) is 10.7. The number of aromatic nitrogens is 3. The lowest BCUT2D eigenvalue weighted by Crippen LogP contribution is -2.14. The van der Waals surface area contributed by atoms with Gasteiger partial charge in [-0.05, 0) is 67.9 Å². The highest BCUT2D eigenvalue weighted by Crippen LogP contribution is 2.27. The average Bonchev–Trinajstić information content (AvgIpc) is 3.30. The summed E-state index contributed by atoms with van der Waals surface area (Å²) in [6.07, 6.45) is 5.12. The van der Waals surface area contributed by atoms with Crippen molar-refractivity contribution in [2.75, 3.05) is 5.32 Å². The van der Waals surface area contributed by atoms with E-state index in [9.17, 15) is 4.79 Å². The molecule has 0 bridgehead atoms. The molecule has 1 amide bonds. The molecule has 1 N–H and O–H groups in total. The van der Waals surface area contributed by atoms with E-state index in [1.165, 1.54) is 11.3 Å². The molecule has 1 aromatic carbocycles. The average molecular weight is 447 g/mol. The van der Waals surface area contributed by atoms with Crippen LogP contribution in [0.15, 0.2) is 72.5 Å². The number of carbonyl (C=O) groups is 1. The molecular weight excluding hydrogens is 424 g/mol. The third-order valence-electron chi connectivity index (χ3n) is 4.36. The Labute approximate surface area is 190 Å². The van der Waals surface area contributed by atoms with Crippen LogP contribution in [0, 0.1) is 0 Å². The maximum Gasteiger partial charge on any atom is 0.276 e. The van der Waals surface area contributed by atoms with Gasteiger partial charge in [0.25, 0.3) is 5.91 Å². The molecule has 7 nitrogen and oxygen atoms in total. The zero-order valence-electron chi connectivity index (χ0n) is 17.7. The quantitative estimate of drug-likeness (QED) is 0.399. The fourth-order valence-electron chi connectivity index (χ4n) is 2.87. The minimum Gasteiger partial charge on any atom is -0.491 e. The van der Waals surface area contributed by atoms with E-state index in [0.717, 1.165) is 21.9 Å². The summed E-state index contributed by atoms with van der Waals surface area (Å²) in [6, 6.07) is 14.9. The van der Waals surface area contributed by atoms with Crippen molar-refractivity contribution in [1.29, 1.82) is 0 Å². The van der Waals surface area contributed by atoms with Crippen LogP contribution >= 0.6 is 11.3 Å². The van der Waals surface area contributed by atoms with Crippen LogP contribution in [-0.4, -0.2) is 27.0 Å². The maximum atomic E-state index is 12.8. The van der Waals surface area contributed by atoms with Crippen LogP contribution in [-0.2, 0) is 6.61 Å². The van der Waals surface area contributed by atoms with Gasteiger partial charge in [0.05, 0.1) is 6.10 Å². The Bertz CT molecular complexity index is 1180. The zero-order chi connectivity index (χ0) is 22.3. The SMILES string of the molecule is CC(C)Oc1ccc(-c2nc(C(=O)Nc3ncccc3OCc3ccncc3)cs2)cc1. The Morgan fingerprint density at radius 2 is 1.84 bits per heavy atom. The van der Waals surface area contributed by atoms with Crippen LogP contribution < -0.4 is 14.8 Å². The maximum absolute atomic E-state index is 12.8. The van der Waals surface area contributed by atoms with E-state index in [1.54, 1.807) is 36.1 Å². The fraction of sp³-hybridized carbons (Fsp3) is 0.167. The van der Waals surface area contributed by atoms with Gasteiger partial charge in [0.2, 0.25) is 0 Å². The molecule has 162 valence electrons. The number of ether oxygens (including phenoxy) is 2. The van der Waals surface area contributed by atoms with Crippen molar-refractivity contribution in [1.82, 2.24) is 15.0 Å². The molecular formula is C24H22N4O3S. The Morgan fingerprint density at radius 3 is 2.59 bits per heavy atom. The Morgan fingerprint density at radius 1 is 1.06 bits per heavy atom. The molecule has 3 aromatic heterocycles. The van der Waals surface area contributed by atoms with Gasteiger partial charge in [-0.2, -0.15) is 0 Å². The molecule has 4 aromatic rings. The molecule has 4 rings (SSSR count). The molecule has 32 heavy (non-hydrogen) atoms. The first kappa shape index (κ1) is 21.5. The summed E-state index contributed by atoms with van der Waals surface area (Å²) < 4.78 is 11.5. The van der Waals surface area contributed by atoms with Gasteiger partial charge in [0.1, 0.15) is 23.1 Å². The van der Waals surface area contributed by atoms with Crippen molar-refractivity contribution in [2.45, 2.75) is 26.6 Å². The summed E-state index contributed by atoms with van der Waals surface area (Å²) in [4.78, 5) is 25.5. The van der Waals surface area contributed by atoms with Gasteiger partial charge in [-0.3, -0.25) is 9.78 Å². The predicted octanol–water partition coefficient (Wildman–Crippen LogP) is 5.22. The van der Waals surface area contributed by atoms with E-state index in [-0.39, 0.29) is 12.0 Å². The van der Waals surface area contributed by atoms with Crippen LogP contribution in [0.1, 0.15) is 29.9 Å². The van der Waals surface area contributed by atoms with E-state index in [1.807, 2.05) is 50.2 Å². The smallest absolute Gasteiger partial charge is 0.276 e. The number of hydrogen-bond donors (Lipinski definition) is 1. The molecule has 3 heterocycles. The van der Waals surface area contributed by atoms with Crippen molar-refractivity contribution in [3.63, 3.8) is 0 Å². The van der Waals surface area contributed by atoms with E-state index in [2.05, 4.69) is 20.3 Å². The second kappa shape index (κ2) is 10.0. The summed E-state index contributed by atoms with van der Waals surface area (Å²) in [5.74, 6) is 1.28. The van der Waals surface area contributed by atoms with Gasteiger partial charge >= 0.3 is 0 Å². The molecule has 0 fully saturated rings. The van der Waals surface area contributed by atoms with Gasteiger partial charge in [-0.1, -0.05) is 0 Å². The molecule has 0 aliphatic rings. The molecule has 0 aliphatic heterocycles. The van der Waals surface area contributed by atoms with Gasteiger partial charge in [-0.25, -0.2) is 9.97 Å². The van der Waals surface area contributed by atoms with Crippen molar-refractivity contribution >= 4 is 23.1 Å². The second-order valence-corrected chi connectivity index (χ2v) is 8.04. The van der Waals surface area contributed by atoms with E-state index < -0.39 is 0 Å². The number of benzene rings is 1. The van der Waals surface area contributed by atoms with Crippen LogP contribution in [0.5, 0.6) is 11.5 Å². The molecule has 0 saturated carbocycles. The molecule has 0 saturated heterocycles. The third-order valence-corrected chi connectivity index (χ3v) is 5.25. The monoisotopic (exact) mass is 446 g/mol. The van der Waals surface area contributed by atoms with E-state index in [4.69, 9.17) is 9.47 Å². The number of hydrogen-bond acceptors (Lipinski definition) is 7. The molecule has 0 radical (unpaired) electrons. The summed E-state index contributed by atoms with van der Waals surface area (Å²) in [5, 5.41) is 5.27. The van der Waals surface area contributed by atoms with Gasteiger partial charge in [0, 0.05) is 29.5 Å². The first-order valence-corrected chi connectivity index (χ1v) is 11.0. The van der Waals surface area contributed by atoms with Crippen LogP contribution in [0.4, 0.5) is 5.82 Å². The topological polar surface area (TPSA) is 86.2 Å². The number of rotatable bonds is 8. The number of nitrogens with zero attached hydrogens (tertiary/aromatic N) is 3. The summed E-state index contributed by atoms with van der Waals surface area (Å²) in [7, 11) is 0. The second-order valence-electron chi connectivity index (χ2n) is 7.18. The number of carbonyl (C=O) groups excluding carboxylic acids is 1. The first-order chi connectivity index (χ1) is 15.6. The molecule has 0 spiro atoms. The van der Waals surface area contributed by atoms with Gasteiger partial charge in [0.15, 0.2) is 11.6 Å². The molecule has 8 heteroatoms. The minimum atomic E-state index is -0.347. The third kappa shape index (κ3) is 5.47. The Balaban J connectivity index is 1.43. The lowest BCUT2D eigenvalue weighted by Gasteiger charge is -2.11. The number of anilines is 1. The lowest BCUT2D eigenvalue weighted by molar-refractivity contribution is 0.102. The van der Waals surface area contributed by atoms with Crippen molar-refractivity contribution in [3.05, 3.63) is 83.8 Å². The van der Waals surface area contributed by atoms with E-state index in [0.29, 0.717) is 23.9 Å². The Hall–Kier alpha value is -3.78. The standard InChI is InChI=1S/C24H22N4O3S/c1-16(2)31-19-7-5-18(6-8-19)24-27-20(15-32-24)23(29)28-22-21(4-3-11-26-22)30-14-17-9-12-25-13-10-17/h3-13,15-16H,14H2,1-2H3,(H,26,28,29). The van der Waals surface area contributed by atoms with E-state index >= 15 is 0 Å². The van der Waals surface area contributed by atoms with Crippen molar-refractivity contribution in [2.24, 2.45) is 0 Å². The lowest BCUT2D eigenvalue weighted by atomic mass is 10.2. The number of amides is 1. The summed E-state index contributed by atoms with van der Waals surface area (Å²) in [6.45, 7) is 4.31. The fourth-order valence-corrected chi connectivity index (χ4v) is 3.68. The van der Waals surface area contributed by atoms with Crippen LogP contribution in [0.3, 0.4) is 0 Å². The molecule has 0 unspecified atom stereocenters. The number of nitrogens with one attached hydrogen (secondary N) is 1. The number of pyridine rings is 2. The first-order valence-electron chi connectivity index (χ1n) is 10.1. The van der Waals surface area contributed by atoms with Crippen LogP contribution in [0.2, 0.25) is 0 Å². The van der Waals surface area contributed by atoms with Crippen LogP contribution in [0.25, 0.3) is 10.6 Å². The number of thiazole rings is 1. The minimum absolute atomic E-state index is 0.112. The van der Waals surface area contributed by atoms with Gasteiger partial charge < -0.3 is 14.8 Å². The van der Waals surface area contributed by atoms with Crippen molar-refractivity contribution < 1.29 is 14.3 Å². The highest BCUT2D eigenvalue weighted by Gasteiger charge is 2.15.